The van der Waals surface area contributed by atoms with Gasteiger partial charge in [0.25, 0.3) is 5.91 Å². The topological polar surface area (TPSA) is 108 Å². The van der Waals surface area contributed by atoms with Crippen LogP contribution in [-0.2, 0) is 17.1 Å². The normalized spacial score (nSPS) is 23.2. The smallest absolute Gasteiger partial charge is 0.404 e. The highest BCUT2D eigenvalue weighted by molar-refractivity contribution is 8.05. The van der Waals surface area contributed by atoms with Gasteiger partial charge in [0, 0.05) is 35.8 Å². The van der Waals surface area contributed by atoms with Crippen LogP contribution >= 0.6 is 11.8 Å². The zero-order chi connectivity index (χ0) is 28.3. The number of rotatable bonds is 8. The molecule has 0 atom stereocenters. The van der Waals surface area contributed by atoms with Gasteiger partial charge in [-0.15, -0.1) is 0 Å². The number of carbonyl (C=O) groups excluding carboxylic acids is 2. The second-order valence-corrected chi connectivity index (χ2v) is 10.3. The van der Waals surface area contributed by atoms with Crippen molar-refractivity contribution in [2.24, 2.45) is 5.73 Å². The molecule has 1 aliphatic carbocycles. The van der Waals surface area contributed by atoms with E-state index >= 15 is 0 Å². The van der Waals surface area contributed by atoms with E-state index in [9.17, 15) is 41.0 Å². The van der Waals surface area contributed by atoms with Crippen molar-refractivity contribution in [3.05, 3.63) is 58.0 Å². The molecule has 0 spiro atoms. The lowest BCUT2D eigenvalue weighted by Gasteiger charge is -2.48. The molecule has 210 valence electrons. The first kappa shape index (κ1) is 29.8. The van der Waals surface area contributed by atoms with Crippen molar-refractivity contribution in [2.45, 2.75) is 55.7 Å². The first-order valence-corrected chi connectivity index (χ1v) is 12.6. The molecule has 2 amide bonds. The Hall–Kier alpha value is -2.71. The molecule has 38 heavy (non-hydrogen) atoms. The quantitative estimate of drug-likeness (QED) is 0.359. The van der Waals surface area contributed by atoms with Crippen LogP contribution in [0.4, 0.5) is 26.3 Å². The van der Waals surface area contributed by atoms with Gasteiger partial charge in [0.05, 0.1) is 29.3 Å². The minimum absolute atomic E-state index is 0.0762. The summed E-state index contributed by atoms with van der Waals surface area (Å²) in [5.41, 5.74) is 0.264. The largest absolute Gasteiger partial charge is 0.416 e. The Kier molecular flexibility index (Phi) is 9.09. The Morgan fingerprint density at radius 1 is 1.11 bits per heavy atom. The predicted molar refractivity (Wildman–Crippen MR) is 130 cm³/mol. The summed E-state index contributed by atoms with van der Waals surface area (Å²) in [7, 11) is 0. The summed E-state index contributed by atoms with van der Waals surface area (Å²) in [5, 5.41) is 17.2. The van der Waals surface area contributed by atoms with Gasteiger partial charge in [0.15, 0.2) is 0 Å². The summed E-state index contributed by atoms with van der Waals surface area (Å²) in [6, 6.07) is 0.536. The van der Waals surface area contributed by atoms with Gasteiger partial charge < -0.3 is 21.5 Å². The number of benzene rings is 1. The zero-order valence-corrected chi connectivity index (χ0v) is 21.0. The van der Waals surface area contributed by atoms with E-state index in [-0.39, 0.29) is 18.2 Å². The van der Waals surface area contributed by atoms with Crippen LogP contribution in [0.15, 0.2) is 41.3 Å². The van der Waals surface area contributed by atoms with Crippen molar-refractivity contribution in [3.8, 4) is 0 Å². The van der Waals surface area contributed by atoms with Gasteiger partial charge in [0.2, 0.25) is 5.91 Å². The molecule has 0 aromatic heterocycles. The maximum Gasteiger partial charge on any atom is 0.416 e. The number of hydrogen-bond donors (Lipinski definition) is 4. The highest BCUT2D eigenvalue weighted by Gasteiger charge is 2.41. The third-order valence-electron chi connectivity index (χ3n) is 6.64. The average Bonchev–Trinajstić information content (AvgIpc) is 2.82. The first-order valence-electron chi connectivity index (χ1n) is 11.7. The van der Waals surface area contributed by atoms with Gasteiger partial charge in [-0.2, -0.15) is 26.3 Å². The molecule has 1 saturated carbocycles. The van der Waals surface area contributed by atoms with Gasteiger partial charge >= 0.3 is 12.4 Å². The summed E-state index contributed by atoms with van der Waals surface area (Å²) < 4.78 is 78.0. The van der Waals surface area contributed by atoms with Crippen LogP contribution in [0.5, 0.6) is 0 Å². The van der Waals surface area contributed by atoms with Crippen LogP contribution in [0, 0.1) is 0 Å². The van der Waals surface area contributed by atoms with Crippen molar-refractivity contribution in [2.75, 3.05) is 19.6 Å². The molecule has 5 N–H and O–H groups in total. The molecule has 1 aromatic carbocycles. The van der Waals surface area contributed by atoms with E-state index < -0.39 is 53.0 Å². The summed E-state index contributed by atoms with van der Waals surface area (Å²) in [4.78, 5) is 27.2. The van der Waals surface area contributed by atoms with Gasteiger partial charge in [-0.3, -0.25) is 14.5 Å². The van der Waals surface area contributed by atoms with E-state index in [1.165, 1.54) is 18.0 Å². The second kappa shape index (κ2) is 11.6. The van der Waals surface area contributed by atoms with Crippen LogP contribution < -0.4 is 16.4 Å². The molecule has 14 heteroatoms. The number of thioether (sulfide) groups is 1. The van der Waals surface area contributed by atoms with Crippen LogP contribution in [0.1, 0.15) is 47.2 Å². The number of nitrogens with zero attached hydrogens (tertiary/aromatic N) is 1. The third-order valence-corrected chi connectivity index (χ3v) is 7.60. The van der Waals surface area contributed by atoms with Gasteiger partial charge in [-0.25, -0.2) is 0 Å². The van der Waals surface area contributed by atoms with Crippen molar-refractivity contribution in [1.82, 2.24) is 15.5 Å². The maximum atomic E-state index is 13.0. The monoisotopic (exact) mass is 566 g/mol. The SMILES string of the molecule is C=C(S/C=C\N)C1(O)CCC(N2CC(NC(=O)CNC(=O)c3cc(C(F)(F)F)cc(C(F)(F)F)c3)C2)CC1. The fourth-order valence-corrected chi connectivity index (χ4v) is 5.15. The van der Waals surface area contributed by atoms with Crippen LogP contribution in [0.25, 0.3) is 0 Å². The molecule has 1 saturated heterocycles. The van der Waals surface area contributed by atoms with Crippen LogP contribution in [0.3, 0.4) is 0 Å². The van der Waals surface area contributed by atoms with Crippen LogP contribution in [0.2, 0.25) is 0 Å². The Morgan fingerprint density at radius 3 is 2.16 bits per heavy atom. The average molecular weight is 567 g/mol. The van der Waals surface area contributed by atoms with E-state index in [0.717, 1.165) is 12.8 Å². The van der Waals surface area contributed by atoms with Crippen molar-refractivity contribution < 1.29 is 41.0 Å². The molecule has 3 rings (SSSR count). The van der Waals surface area contributed by atoms with Crippen LogP contribution in [-0.4, -0.2) is 59.1 Å². The van der Waals surface area contributed by atoms with E-state index in [2.05, 4.69) is 22.1 Å². The third kappa shape index (κ3) is 7.44. The van der Waals surface area contributed by atoms with Crippen molar-refractivity contribution in [3.63, 3.8) is 0 Å². The second-order valence-electron chi connectivity index (χ2n) is 9.33. The Labute approximate surface area is 219 Å². The minimum atomic E-state index is -5.09. The number of likely N-dealkylation sites (tertiary alicyclic amines) is 1. The summed E-state index contributed by atoms with van der Waals surface area (Å²) >= 11 is 1.29. The zero-order valence-electron chi connectivity index (χ0n) is 20.2. The summed E-state index contributed by atoms with van der Waals surface area (Å²) in [5.74, 6) is -1.85. The van der Waals surface area contributed by atoms with Gasteiger partial charge in [-0.05, 0) is 49.3 Å². The molecule has 1 aromatic rings. The van der Waals surface area contributed by atoms with E-state index in [1.807, 2.05) is 0 Å². The number of aliphatic hydroxyl groups is 1. The molecule has 7 nitrogen and oxygen atoms in total. The highest BCUT2D eigenvalue weighted by atomic mass is 32.2. The predicted octanol–water partition coefficient (Wildman–Crippen LogP) is 3.60. The molecule has 1 aliphatic heterocycles. The Morgan fingerprint density at radius 2 is 1.66 bits per heavy atom. The number of hydrogen-bond acceptors (Lipinski definition) is 6. The molecule has 0 unspecified atom stereocenters. The minimum Gasteiger partial charge on any atom is -0.404 e. The summed E-state index contributed by atoms with van der Waals surface area (Å²) in [6.45, 7) is 4.40. The lowest BCUT2D eigenvalue weighted by atomic mass is 9.80. The van der Waals surface area contributed by atoms with E-state index in [0.29, 0.717) is 43.0 Å². The standard InChI is InChI=1S/C24H28F6N4O3S/c1-14(38-7-6-31)22(37)4-2-19(3-5-22)34-12-18(13-34)33-20(35)11-32-21(36)15-8-16(23(25,26)27)10-17(9-15)24(28,29)30/h6-10,18-19,37H,1-5,11-13,31H2,(H,32,36)(H,33,35)/b7-6-. The molecule has 2 fully saturated rings. The van der Waals surface area contributed by atoms with Gasteiger partial charge in [0.1, 0.15) is 0 Å². The summed E-state index contributed by atoms with van der Waals surface area (Å²) in [6.07, 6.45) is -6.27. The highest BCUT2D eigenvalue weighted by Crippen LogP contribution is 2.41. The van der Waals surface area contributed by atoms with Crippen molar-refractivity contribution >= 4 is 23.6 Å². The van der Waals surface area contributed by atoms with E-state index in [4.69, 9.17) is 5.73 Å². The van der Waals surface area contributed by atoms with Gasteiger partial charge in [-0.1, -0.05) is 18.3 Å². The number of alkyl halides is 6. The number of amides is 2. The lowest BCUT2D eigenvalue weighted by molar-refractivity contribution is -0.143. The maximum absolute atomic E-state index is 13.0. The number of carbonyl (C=O) groups is 2. The lowest BCUT2D eigenvalue weighted by Crippen LogP contribution is -2.63. The Balaban J connectivity index is 1.45. The number of nitrogens with two attached hydrogens (primary N) is 1. The molecule has 0 bridgehead atoms. The molecular formula is C24H28F6N4O3S. The Bertz CT molecular complexity index is 1050. The van der Waals surface area contributed by atoms with E-state index in [1.54, 1.807) is 5.41 Å². The molecular weight excluding hydrogens is 538 g/mol. The fraction of sp³-hybridized carbons (Fsp3) is 0.500. The molecule has 1 heterocycles. The first-order chi connectivity index (χ1) is 17.6. The molecule has 2 aliphatic rings. The van der Waals surface area contributed by atoms with Crippen molar-refractivity contribution in [1.29, 1.82) is 0 Å². The molecule has 0 radical (unpaired) electrons. The number of halogens is 6. The fourth-order valence-electron chi connectivity index (χ4n) is 4.48. The number of nitrogens with one attached hydrogen (secondary N) is 2.